The fourth-order valence-corrected chi connectivity index (χ4v) is 0.526. The van der Waals surface area contributed by atoms with Crippen LogP contribution in [0.25, 0.3) is 0 Å². The molecule has 1 atom stereocenters. The molecule has 0 bridgehead atoms. The zero-order valence-corrected chi connectivity index (χ0v) is 6.42. The maximum Gasteiger partial charge on any atom is 0.120 e. The summed E-state index contributed by atoms with van der Waals surface area (Å²) in [5.41, 5.74) is 0. The largest absolute Gasteiger partial charge is 0.303 e. The van der Waals surface area contributed by atoms with Gasteiger partial charge in [0, 0.05) is 6.42 Å². The molecule has 10 heavy (non-hydrogen) atoms. The molecule has 0 aromatic heterocycles. The van der Waals surface area contributed by atoms with E-state index in [1.54, 1.807) is 13.0 Å². The molecule has 0 radical (unpaired) electrons. The number of aldehydes is 1. The van der Waals surface area contributed by atoms with Crippen molar-refractivity contribution in [3.63, 3.8) is 0 Å². The van der Waals surface area contributed by atoms with Crippen molar-refractivity contribution in [2.75, 3.05) is 0 Å². The molecule has 0 saturated heterocycles. The maximum atomic E-state index is 9.98. The van der Waals surface area contributed by atoms with Gasteiger partial charge < -0.3 is 4.79 Å². The van der Waals surface area contributed by atoms with Gasteiger partial charge in [0.25, 0.3) is 0 Å². The van der Waals surface area contributed by atoms with Crippen molar-refractivity contribution in [1.29, 1.82) is 0 Å². The minimum Gasteiger partial charge on any atom is -0.303 e. The average Bonchev–Trinajstić information content (AvgIpc) is 1.89. The zero-order chi connectivity index (χ0) is 7.82. The molecule has 1 heteroatoms. The second-order valence-corrected chi connectivity index (χ2v) is 2.13. The van der Waals surface area contributed by atoms with E-state index in [4.69, 9.17) is 0 Å². The van der Waals surface area contributed by atoms with Crippen LogP contribution < -0.4 is 0 Å². The van der Waals surface area contributed by atoms with E-state index in [9.17, 15) is 4.79 Å². The van der Waals surface area contributed by atoms with Crippen LogP contribution in [-0.2, 0) is 4.79 Å². The third kappa shape index (κ3) is 5.11. The van der Waals surface area contributed by atoms with Crippen molar-refractivity contribution in [2.24, 2.45) is 5.92 Å². The number of hydrogen-bond donors (Lipinski definition) is 0. The van der Waals surface area contributed by atoms with Crippen molar-refractivity contribution in [3.05, 3.63) is 12.2 Å². The van der Waals surface area contributed by atoms with Gasteiger partial charge in [0.2, 0.25) is 0 Å². The molecule has 0 rings (SSSR count). The van der Waals surface area contributed by atoms with Gasteiger partial charge in [-0.1, -0.05) is 18.9 Å². The smallest absolute Gasteiger partial charge is 0.120 e. The van der Waals surface area contributed by atoms with E-state index in [0.29, 0.717) is 12.3 Å². The highest BCUT2D eigenvalue weighted by atomic mass is 16.1. The molecule has 0 aliphatic rings. The lowest BCUT2D eigenvalue weighted by Gasteiger charge is -1.94. The van der Waals surface area contributed by atoms with Gasteiger partial charge in [-0.3, -0.25) is 0 Å². The van der Waals surface area contributed by atoms with Gasteiger partial charge >= 0.3 is 0 Å². The molecule has 0 fully saturated rings. The van der Waals surface area contributed by atoms with Crippen LogP contribution in [-0.4, -0.2) is 6.29 Å². The summed E-state index contributed by atoms with van der Waals surface area (Å²) in [6.45, 7) is 3.77. The molecule has 1 nitrogen and oxygen atoms in total. The van der Waals surface area contributed by atoms with Gasteiger partial charge in [-0.25, -0.2) is 0 Å². The lowest BCUT2D eigenvalue weighted by Crippen LogP contribution is -1.88. The number of carbonyl (C=O) groups excluding carboxylic acids is 1. The summed E-state index contributed by atoms with van der Waals surface area (Å²) in [5, 5.41) is 0. The zero-order valence-electron chi connectivity index (χ0n) is 6.42. The monoisotopic (exact) mass is 136 g/mol. The normalized spacial score (nSPS) is 12.2. The Kier molecular flexibility index (Phi) is 5.47. The highest BCUT2D eigenvalue weighted by molar-refractivity contribution is 5.50. The molecule has 1 unspecified atom stereocenters. The van der Waals surface area contributed by atoms with Crippen molar-refractivity contribution in [3.8, 4) is 11.8 Å². The first-order valence-corrected chi connectivity index (χ1v) is 3.33. The first-order chi connectivity index (χ1) is 4.81. The van der Waals surface area contributed by atoms with Gasteiger partial charge in [-0.2, -0.15) is 0 Å². The van der Waals surface area contributed by atoms with Crippen LogP contribution in [0.4, 0.5) is 0 Å². The molecule has 0 spiro atoms. The van der Waals surface area contributed by atoms with Crippen LogP contribution >= 0.6 is 0 Å². The Morgan fingerprint density at radius 2 is 2.30 bits per heavy atom. The topological polar surface area (TPSA) is 17.1 Å². The van der Waals surface area contributed by atoms with E-state index in [1.165, 1.54) is 0 Å². The Bertz CT molecular complexity index is 169. The van der Waals surface area contributed by atoms with E-state index in [1.807, 2.05) is 13.0 Å². The van der Waals surface area contributed by atoms with E-state index >= 15 is 0 Å². The van der Waals surface area contributed by atoms with Gasteiger partial charge in [-0.05, 0) is 18.9 Å². The summed E-state index contributed by atoms with van der Waals surface area (Å²) in [5.74, 6) is 5.85. The van der Waals surface area contributed by atoms with Crippen molar-refractivity contribution < 1.29 is 4.79 Å². The van der Waals surface area contributed by atoms with E-state index < -0.39 is 0 Å². The van der Waals surface area contributed by atoms with Crippen LogP contribution in [0, 0.1) is 17.8 Å². The fourth-order valence-electron chi connectivity index (χ4n) is 0.526. The Hall–Kier alpha value is -1.03. The molecule has 0 aliphatic heterocycles. The molecule has 0 aliphatic carbocycles. The standard InChI is InChI=1S/C9H12O/c1-3-4-5-6-9(2)7-8-10/h5-6,8-9H,7H2,1-2H3/b6-5+. The van der Waals surface area contributed by atoms with E-state index in [-0.39, 0.29) is 0 Å². The quantitative estimate of drug-likeness (QED) is 0.427. The van der Waals surface area contributed by atoms with E-state index in [0.717, 1.165) is 6.29 Å². The van der Waals surface area contributed by atoms with Gasteiger partial charge in [0.1, 0.15) is 6.29 Å². The fraction of sp³-hybridized carbons (Fsp3) is 0.444. The van der Waals surface area contributed by atoms with Crippen LogP contribution in [0.3, 0.4) is 0 Å². The number of rotatable bonds is 3. The molecule has 0 heterocycles. The van der Waals surface area contributed by atoms with Crippen molar-refractivity contribution in [1.82, 2.24) is 0 Å². The minimum absolute atomic E-state index is 0.318. The second kappa shape index (κ2) is 6.10. The predicted molar refractivity (Wildman–Crippen MR) is 42.4 cm³/mol. The Balaban J connectivity index is 3.61. The summed E-state index contributed by atoms with van der Waals surface area (Å²) in [6.07, 6.45) is 5.23. The lowest BCUT2D eigenvalue weighted by atomic mass is 10.1. The molecule has 0 aromatic rings. The molecular formula is C9H12O. The molecule has 0 amide bonds. The van der Waals surface area contributed by atoms with Crippen LogP contribution in [0.2, 0.25) is 0 Å². The molecular weight excluding hydrogens is 124 g/mol. The van der Waals surface area contributed by atoms with Crippen LogP contribution in [0.1, 0.15) is 20.3 Å². The SMILES string of the molecule is CC#C/C=C/C(C)CC=O. The summed E-state index contributed by atoms with van der Waals surface area (Å²) >= 11 is 0. The number of allylic oxidation sites excluding steroid dienone is 2. The van der Waals surface area contributed by atoms with Crippen LogP contribution in [0.5, 0.6) is 0 Å². The summed E-state index contributed by atoms with van der Waals surface area (Å²) < 4.78 is 0. The molecule has 0 aromatic carbocycles. The van der Waals surface area contributed by atoms with Crippen molar-refractivity contribution >= 4 is 6.29 Å². The number of hydrogen-bond acceptors (Lipinski definition) is 1. The third-order valence-electron chi connectivity index (χ3n) is 1.12. The first kappa shape index (κ1) is 8.97. The summed E-state index contributed by atoms with van der Waals surface area (Å²) in [6, 6.07) is 0. The Labute approximate surface area is 62.1 Å². The van der Waals surface area contributed by atoms with Gasteiger partial charge in [-0.15, -0.1) is 5.92 Å². The maximum absolute atomic E-state index is 9.98. The lowest BCUT2D eigenvalue weighted by molar-refractivity contribution is -0.108. The van der Waals surface area contributed by atoms with E-state index in [2.05, 4.69) is 11.8 Å². The Morgan fingerprint density at radius 1 is 1.60 bits per heavy atom. The molecule has 0 saturated carbocycles. The van der Waals surface area contributed by atoms with Crippen molar-refractivity contribution in [2.45, 2.75) is 20.3 Å². The van der Waals surface area contributed by atoms with Crippen LogP contribution in [0.15, 0.2) is 12.2 Å². The molecule has 54 valence electrons. The third-order valence-corrected chi connectivity index (χ3v) is 1.12. The average molecular weight is 136 g/mol. The Morgan fingerprint density at radius 3 is 2.80 bits per heavy atom. The predicted octanol–water partition coefficient (Wildman–Crippen LogP) is 1.79. The highest BCUT2D eigenvalue weighted by Crippen LogP contribution is 1.99. The summed E-state index contributed by atoms with van der Waals surface area (Å²) in [4.78, 5) is 9.98. The number of carbonyl (C=O) groups is 1. The summed E-state index contributed by atoms with van der Waals surface area (Å²) in [7, 11) is 0. The molecule has 0 N–H and O–H groups in total. The highest BCUT2D eigenvalue weighted by Gasteiger charge is 1.91. The van der Waals surface area contributed by atoms with Gasteiger partial charge in [0.05, 0.1) is 0 Å². The van der Waals surface area contributed by atoms with Gasteiger partial charge in [0.15, 0.2) is 0 Å². The first-order valence-electron chi connectivity index (χ1n) is 3.33. The minimum atomic E-state index is 0.318. The second-order valence-electron chi connectivity index (χ2n) is 2.13.